The zero-order valence-electron chi connectivity index (χ0n) is 30.1. The van der Waals surface area contributed by atoms with Crippen molar-refractivity contribution in [2.75, 3.05) is 7.11 Å². The third kappa shape index (κ3) is 9.48. The van der Waals surface area contributed by atoms with Crippen molar-refractivity contribution in [1.82, 2.24) is 0 Å². The van der Waals surface area contributed by atoms with E-state index in [9.17, 15) is 9.90 Å². The maximum Gasteiger partial charge on any atom is 0.227 e. The molecule has 1 N–H and O–H groups in total. The predicted molar refractivity (Wildman–Crippen MR) is 191 cm³/mol. The fourth-order valence-electron chi connectivity index (χ4n) is 7.19. The van der Waals surface area contributed by atoms with E-state index in [1.54, 1.807) is 13.2 Å². The highest BCUT2D eigenvalue weighted by molar-refractivity contribution is 6.11. The summed E-state index contributed by atoms with van der Waals surface area (Å²) >= 11 is 0. The van der Waals surface area contributed by atoms with E-state index < -0.39 is 0 Å². The molecule has 0 radical (unpaired) electrons. The number of ketones is 1. The van der Waals surface area contributed by atoms with Crippen LogP contribution >= 0.6 is 0 Å². The molecule has 0 aliphatic rings. The summed E-state index contributed by atoms with van der Waals surface area (Å²) in [6.45, 7) is 22.3. The van der Waals surface area contributed by atoms with Crippen molar-refractivity contribution in [1.29, 1.82) is 0 Å². The Labute approximate surface area is 270 Å². The van der Waals surface area contributed by atoms with Crippen molar-refractivity contribution in [2.45, 2.75) is 163 Å². The fraction of sp³-hybridized carbons (Fsp3) is 0.634. The highest BCUT2D eigenvalue weighted by Crippen LogP contribution is 2.40. The number of methoxy groups -OCH3 is 1. The topological polar surface area (TPSA) is 46.5 Å². The van der Waals surface area contributed by atoms with Crippen LogP contribution in [0.4, 0.5) is 0 Å². The molecular formula is C41H64O3. The molecule has 2 rings (SSSR count). The van der Waals surface area contributed by atoms with Crippen LogP contribution in [-0.4, -0.2) is 18.0 Å². The normalized spacial score (nSPS) is 15.5. The number of rotatable bonds is 19. The molecule has 0 aromatic heterocycles. The molecule has 0 spiro atoms. The second-order valence-corrected chi connectivity index (χ2v) is 13.6. The van der Waals surface area contributed by atoms with Crippen LogP contribution in [0, 0.1) is 0 Å². The molecule has 0 aliphatic carbocycles. The van der Waals surface area contributed by atoms with Gasteiger partial charge in [0.15, 0.2) is 5.76 Å². The molecule has 3 heteroatoms. The van der Waals surface area contributed by atoms with Crippen molar-refractivity contribution in [3.05, 3.63) is 69.0 Å². The number of aliphatic hydroxyl groups excluding tert-OH is 1. The zero-order valence-corrected chi connectivity index (χ0v) is 30.1. The van der Waals surface area contributed by atoms with E-state index in [-0.39, 0.29) is 23.4 Å². The number of benzene rings is 2. The van der Waals surface area contributed by atoms with Gasteiger partial charge in [0.05, 0.1) is 7.11 Å². The number of hydrogen-bond donors (Lipinski definition) is 1. The lowest BCUT2D eigenvalue weighted by Crippen LogP contribution is -2.15. The van der Waals surface area contributed by atoms with Gasteiger partial charge in [0, 0.05) is 11.1 Å². The van der Waals surface area contributed by atoms with Gasteiger partial charge in [-0.2, -0.15) is 0 Å². The zero-order chi connectivity index (χ0) is 33.0. The Morgan fingerprint density at radius 3 is 1.61 bits per heavy atom. The van der Waals surface area contributed by atoms with Crippen LogP contribution in [-0.2, 0) is 0 Å². The smallest absolute Gasteiger partial charge is 0.227 e. The van der Waals surface area contributed by atoms with Crippen LogP contribution in [0.5, 0.6) is 5.75 Å². The number of aliphatic hydroxyl groups is 1. The first-order chi connectivity index (χ1) is 21.0. The lowest BCUT2D eigenvalue weighted by Gasteiger charge is -2.26. The largest absolute Gasteiger partial charge is 0.504 e. The Morgan fingerprint density at radius 2 is 1.11 bits per heavy atom. The number of ether oxygens (including phenoxy) is 1. The Bertz CT molecular complexity index is 1220. The van der Waals surface area contributed by atoms with Crippen LogP contribution in [0.2, 0.25) is 0 Å². The van der Waals surface area contributed by atoms with E-state index >= 15 is 0 Å². The van der Waals surface area contributed by atoms with E-state index in [0.29, 0.717) is 23.3 Å². The van der Waals surface area contributed by atoms with Crippen LogP contribution in [0.1, 0.15) is 207 Å². The third-order valence-electron chi connectivity index (χ3n) is 9.68. The molecule has 2 aromatic rings. The molecule has 44 heavy (non-hydrogen) atoms. The minimum Gasteiger partial charge on any atom is -0.504 e. The summed E-state index contributed by atoms with van der Waals surface area (Å²) in [6, 6.07) is 8.84. The maximum atomic E-state index is 14.5. The second kappa shape index (κ2) is 18.4. The van der Waals surface area contributed by atoms with E-state index in [1.807, 2.05) is 0 Å². The van der Waals surface area contributed by atoms with Crippen molar-refractivity contribution in [3.63, 3.8) is 0 Å². The van der Waals surface area contributed by atoms with Crippen molar-refractivity contribution >= 4 is 11.9 Å². The molecule has 2 aromatic carbocycles. The highest BCUT2D eigenvalue weighted by atomic mass is 16.5. The molecule has 0 fully saturated rings. The SMILES string of the molecule is CCCC(C)c1cc(C=C(O)C(=O)c2cc(C(C)CCC)cc(C(C)CCC)c2C(C)CCC)c(C(C)CCC)c(OC)c1. The van der Waals surface area contributed by atoms with Gasteiger partial charge < -0.3 is 9.84 Å². The first-order valence-electron chi connectivity index (χ1n) is 17.8. The molecule has 5 atom stereocenters. The summed E-state index contributed by atoms with van der Waals surface area (Å²) in [5.41, 5.74) is 7.47. The van der Waals surface area contributed by atoms with Gasteiger partial charge in [0.2, 0.25) is 5.78 Å². The van der Waals surface area contributed by atoms with Crippen LogP contribution < -0.4 is 4.74 Å². The Morgan fingerprint density at radius 1 is 0.659 bits per heavy atom. The summed E-state index contributed by atoms with van der Waals surface area (Å²) in [6.07, 6.45) is 12.3. The number of allylic oxidation sites excluding steroid dienone is 1. The summed E-state index contributed by atoms with van der Waals surface area (Å²) in [7, 11) is 1.73. The summed E-state index contributed by atoms with van der Waals surface area (Å²) in [4.78, 5) is 14.5. The minimum atomic E-state index is -0.265. The molecule has 0 saturated carbocycles. The monoisotopic (exact) mass is 604 g/mol. The Hall–Kier alpha value is -2.55. The first-order valence-corrected chi connectivity index (χ1v) is 17.8. The van der Waals surface area contributed by atoms with Gasteiger partial charge in [-0.15, -0.1) is 0 Å². The Balaban J connectivity index is 2.88. The van der Waals surface area contributed by atoms with Gasteiger partial charge in [-0.1, -0.05) is 113 Å². The van der Waals surface area contributed by atoms with Crippen LogP contribution in [0.3, 0.4) is 0 Å². The molecule has 0 heterocycles. The number of Topliss-reactive ketones (excluding diaryl/α,β-unsaturated/α-hetero) is 1. The van der Waals surface area contributed by atoms with Crippen molar-refractivity contribution in [2.24, 2.45) is 0 Å². The summed E-state index contributed by atoms with van der Waals surface area (Å²) in [5.74, 6) is 1.92. The van der Waals surface area contributed by atoms with E-state index in [4.69, 9.17) is 4.74 Å². The lowest BCUT2D eigenvalue weighted by atomic mass is 9.78. The van der Waals surface area contributed by atoms with Gasteiger partial charge >= 0.3 is 0 Å². The molecule has 5 unspecified atom stereocenters. The first kappa shape index (κ1) is 37.6. The summed E-state index contributed by atoms with van der Waals surface area (Å²) < 4.78 is 5.96. The third-order valence-corrected chi connectivity index (χ3v) is 9.68. The van der Waals surface area contributed by atoms with Crippen LogP contribution in [0.25, 0.3) is 6.08 Å². The van der Waals surface area contributed by atoms with Gasteiger partial charge in [0.25, 0.3) is 0 Å². The van der Waals surface area contributed by atoms with Gasteiger partial charge in [-0.3, -0.25) is 4.79 Å². The molecule has 0 saturated heterocycles. The van der Waals surface area contributed by atoms with Gasteiger partial charge in [0.1, 0.15) is 5.75 Å². The van der Waals surface area contributed by atoms with E-state index in [0.717, 1.165) is 86.6 Å². The quantitative estimate of drug-likeness (QED) is 0.0985. The van der Waals surface area contributed by atoms with Crippen molar-refractivity contribution < 1.29 is 14.6 Å². The molecule has 246 valence electrons. The molecule has 0 bridgehead atoms. The number of carbonyl (C=O) groups is 1. The summed E-state index contributed by atoms with van der Waals surface area (Å²) in [5, 5.41) is 11.7. The maximum absolute atomic E-state index is 14.5. The molecular weight excluding hydrogens is 540 g/mol. The van der Waals surface area contributed by atoms with Gasteiger partial charge in [-0.25, -0.2) is 0 Å². The molecule has 3 nitrogen and oxygen atoms in total. The Kier molecular flexibility index (Phi) is 15.8. The highest BCUT2D eigenvalue weighted by Gasteiger charge is 2.27. The average molecular weight is 605 g/mol. The lowest BCUT2D eigenvalue weighted by molar-refractivity contribution is 0.0978. The minimum absolute atomic E-state index is 0.184. The number of carbonyl (C=O) groups excluding carboxylic acids is 1. The average Bonchev–Trinajstić information content (AvgIpc) is 2.99. The van der Waals surface area contributed by atoms with E-state index in [2.05, 4.69) is 93.5 Å². The second-order valence-electron chi connectivity index (χ2n) is 13.6. The predicted octanol–water partition coefficient (Wildman–Crippen LogP) is 13.0. The fourth-order valence-corrected chi connectivity index (χ4v) is 7.19. The molecule has 0 amide bonds. The van der Waals surface area contributed by atoms with Crippen LogP contribution in [0.15, 0.2) is 30.0 Å². The number of hydrogen-bond acceptors (Lipinski definition) is 3. The van der Waals surface area contributed by atoms with Crippen molar-refractivity contribution in [3.8, 4) is 5.75 Å². The van der Waals surface area contributed by atoms with Gasteiger partial charge in [-0.05, 0) is 108 Å². The standard InChI is InChI=1S/C41H64O3/c1-12-17-27(6)32-22-34(39(30(9)20-15-4)38(26-32)44-11)25-37(42)41(43)36-24-33(28(7)18-13-2)23-35(29(8)19-14-3)40(36)31(10)21-16-5/h22-31,42H,12-21H2,1-11H3. The molecule has 0 aliphatic heterocycles. The van der Waals surface area contributed by atoms with E-state index in [1.165, 1.54) is 16.7 Å².